The van der Waals surface area contributed by atoms with Crippen molar-refractivity contribution in [3.05, 3.63) is 0 Å². The van der Waals surface area contributed by atoms with E-state index in [2.05, 4.69) is 34.3 Å². The number of carbonyl (C=O) groups excluding carboxylic acids is 1. The van der Waals surface area contributed by atoms with Gasteiger partial charge in [0, 0.05) is 51.4 Å². The highest BCUT2D eigenvalue weighted by atomic mass is 16.2. The monoisotopic (exact) mass is 254 g/mol. The molecule has 1 unspecified atom stereocenters. The minimum atomic E-state index is 0.170. The molecule has 0 aromatic heterocycles. The molecular formula is C13H26N4O. The number of nitrogens with zero attached hydrogens (tertiary/aromatic N) is 2. The van der Waals surface area contributed by atoms with Crippen LogP contribution in [0.1, 0.15) is 20.3 Å². The van der Waals surface area contributed by atoms with Gasteiger partial charge in [0.1, 0.15) is 0 Å². The minimum absolute atomic E-state index is 0.170. The molecule has 1 atom stereocenters. The van der Waals surface area contributed by atoms with Crippen LogP contribution in [0.25, 0.3) is 0 Å². The van der Waals surface area contributed by atoms with Crippen molar-refractivity contribution < 1.29 is 4.79 Å². The van der Waals surface area contributed by atoms with Gasteiger partial charge in [0.05, 0.1) is 6.54 Å². The first kappa shape index (κ1) is 13.8. The summed E-state index contributed by atoms with van der Waals surface area (Å²) in [7, 11) is 0. The summed E-state index contributed by atoms with van der Waals surface area (Å²) in [4.78, 5) is 16.5. The Bertz CT molecular complexity index is 272. The summed E-state index contributed by atoms with van der Waals surface area (Å²) in [6, 6.07) is 0.964. The molecule has 0 aliphatic carbocycles. The maximum Gasteiger partial charge on any atom is 0.234 e. The van der Waals surface area contributed by atoms with Crippen LogP contribution in [0.2, 0.25) is 0 Å². The lowest BCUT2D eigenvalue weighted by Gasteiger charge is -2.46. The summed E-state index contributed by atoms with van der Waals surface area (Å²) in [6.45, 7) is 11.3. The van der Waals surface area contributed by atoms with Crippen molar-refractivity contribution in [2.45, 2.75) is 32.4 Å². The molecule has 2 fully saturated rings. The molecule has 2 N–H and O–H groups in total. The van der Waals surface area contributed by atoms with Crippen LogP contribution in [0.5, 0.6) is 0 Å². The number of hydrogen-bond donors (Lipinski definition) is 2. The molecule has 0 aromatic rings. The highest BCUT2D eigenvalue weighted by Crippen LogP contribution is 2.14. The first-order chi connectivity index (χ1) is 8.69. The maximum absolute atomic E-state index is 11.7. The third kappa shape index (κ3) is 3.67. The van der Waals surface area contributed by atoms with Crippen LogP contribution in [0, 0.1) is 0 Å². The summed E-state index contributed by atoms with van der Waals surface area (Å²) >= 11 is 0. The molecule has 2 heterocycles. The van der Waals surface area contributed by atoms with Crippen LogP contribution in [-0.2, 0) is 4.79 Å². The second-order valence-corrected chi connectivity index (χ2v) is 5.51. The summed E-state index contributed by atoms with van der Waals surface area (Å²) in [6.07, 6.45) is 0.995. The minimum Gasteiger partial charge on any atom is -0.353 e. The lowest BCUT2D eigenvalue weighted by molar-refractivity contribution is -0.124. The number of nitrogens with one attached hydrogen (secondary N) is 2. The van der Waals surface area contributed by atoms with Crippen LogP contribution < -0.4 is 10.6 Å². The van der Waals surface area contributed by atoms with Crippen molar-refractivity contribution in [1.29, 1.82) is 0 Å². The molecule has 5 heteroatoms. The van der Waals surface area contributed by atoms with Crippen molar-refractivity contribution in [3.63, 3.8) is 0 Å². The summed E-state index contributed by atoms with van der Waals surface area (Å²) in [5, 5.41) is 6.39. The molecule has 104 valence electrons. The summed E-state index contributed by atoms with van der Waals surface area (Å²) in [5.74, 6) is 0.170. The highest BCUT2D eigenvalue weighted by molar-refractivity contribution is 5.78. The standard InChI is InChI=1S/C13H26N4O/c1-3-11(2)15-13(18)10-16-8-12(9-16)17-6-4-14-5-7-17/h11-12,14H,3-10H2,1-2H3,(H,15,18). The molecular weight excluding hydrogens is 228 g/mol. The Morgan fingerprint density at radius 3 is 2.67 bits per heavy atom. The predicted octanol–water partition coefficient (Wildman–Crippen LogP) is -0.509. The van der Waals surface area contributed by atoms with E-state index in [0.717, 1.165) is 45.7 Å². The highest BCUT2D eigenvalue weighted by Gasteiger charge is 2.33. The second-order valence-electron chi connectivity index (χ2n) is 5.51. The molecule has 0 bridgehead atoms. The third-order valence-corrected chi connectivity index (χ3v) is 3.99. The van der Waals surface area contributed by atoms with Gasteiger partial charge in [-0.05, 0) is 13.3 Å². The molecule has 0 radical (unpaired) electrons. The van der Waals surface area contributed by atoms with E-state index in [0.29, 0.717) is 18.6 Å². The Kier molecular flexibility index (Phi) is 4.97. The molecule has 0 spiro atoms. The average Bonchev–Trinajstić information content (AvgIpc) is 2.34. The third-order valence-electron chi connectivity index (χ3n) is 3.99. The second kappa shape index (κ2) is 6.50. The van der Waals surface area contributed by atoms with Crippen molar-refractivity contribution in [3.8, 4) is 0 Å². The van der Waals surface area contributed by atoms with Gasteiger partial charge in [0.15, 0.2) is 0 Å². The van der Waals surface area contributed by atoms with Gasteiger partial charge in [0.25, 0.3) is 0 Å². The normalized spacial score (nSPS) is 24.6. The van der Waals surface area contributed by atoms with E-state index >= 15 is 0 Å². The first-order valence-corrected chi connectivity index (χ1v) is 7.15. The molecule has 2 saturated heterocycles. The van der Waals surface area contributed by atoms with Crippen LogP contribution in [-0.4, -0.2) is 73.6 Å². The van der Waals surface area contributed by atoms with Crippen LogP contribution >= 0.6 is 0 Å². The van der Waals surface area contributed by atoms with Crippen molar-refractivity contribution >= 4 is 5.91 Å². The smallest absolute Gasteiger partial charge is 0.234 e. The predicted molar refractivity (Wildman–Crippen MR) is 72.6 cm³/mol. The van der Waals surface area contributed by atoms with Gasteiger partial charge in [0.2, 0.25) is 5.91 Å². The van der Waals surface area contributed by atoms with Gasteiger partial charge in [-0.25, -0.2) is 0 Å². The van der Waals surface area contributed by atoms with E-state index in [1.54, 1.807) is 0 Å². The van der Waals surface area contributed by atoms with E-state index in [-0.39, 0.29) is 5.91 Å². The Hall–Kier alpha value is -0.650. The van der Waals surface area contributed by atoms with Gasteiger partial charge < -0.3 is 10.6 Å². The molecule has 0 saturated carbocycles. The number of carbonyl (C=O) groups is 1. The summed E-state index contributed by atoms with van der Waals surface area (Å²) in [5.41, 5.74) is 0. The summed E-state index contributed by atoms with van der Waals surface area (Å²) < 4.78 is 0. The molecule has 18 heavy (non-hydrogen) atoms. The molecule has 2 aliphatic rings. The van der Waals surface area contributed by atoms with Crippen LogP contribution in [0.3, 0.4) is 0 Å². The molecule has 0 aromatic carbocycles. The fourth-order valence-electron chi connectivity index (χ4n) is 2.58. The van der Waals surface area contributed by atoms with E-state index in [4.69, 9.17) is 0 Å². The van der Waals surface area contributed by atoms with Gasteiger partial charge in [-0.1, -0.05) is 6.92 Å². The zero-order chi connectivity index (χ0) is 13.0. The van der Waals surface area contributed by atoms with E-state index in [1.807, 2.05) is 0 Å². The Labute approximate surface area is 110 Å². The number of piperazine rings is 1. The Morgan fingerprint density at radius 2 is 2.06 bits per heavy atom. The lowest BCUT2D eigenvalue weighted by Crippen LogP contribution is -2.63. The molecule has 2 rings (SSSR count). The van der Waals surface area contributed by atoms with E-state index < -0.39 is 0 Å². The maximum atomic E-state index is 11.7. The average molecular weight is 254 g/mol. The Morgan fingerprint density at radius 1 is 1.39 bits per heavy atom. The van der Waals surface area contributed by atoms with Crippen molar-refractivity contribution in [1.82, 2.24) is 20.4 Å². The number of likely N-dealkylation sites (tertiary alicyclic amines) is 1. The van der Waals surface area contributed by atoms with Crippen LogP contribution in [0.15, 0.2) is 0 Å². The first-order valence-electron chi connectivity index (χ1n) is 7.15. The molecule has 1 amide bonds. The molecule has 2 aliphatic heterocycles. The van der Waals surface area contributed by atoms with Gasteiger partial charge >= 0.3 is 0 Å². The zero-order valence-electron chi connectivity index (χ0n) is 11.6. The quantitative estimate of drug-likeness (QED) is 0.694. The fraction of sp³-hybridized carbons (Fsp3) is 0.923. The fourth-order valence-corrected chi connectivity index (χ4v) is 2.58. The van der Waals surface area contributed by atoms with Gasteiger partial charge in [-0.2, -0.15) is 0 Å². The van der Waals surface area contributed by atoms with Crippen molar-refractivity contribution in [2.75, 3.05) is 45.8 Å². The van der Waals surface area contributed by atoms with Crippen molar-refractivity contribution in [2.24, 2.45) is 0 Å². The number of amides is 1. The molecule has 5 nitrogen and oxygen atoms in total. The van der Waals surface area contributed by atoms with E-state index in [9.17, 15) is 4.79 Å². The topological polar surface area (TPSA) is 47.6 Å². The van der Waals surface area contributed by atoms with Gasteiger partial charge in [-0.3, -0.25) is 14.6 Å². The number of hydrogen-bond acceptors (Lipinski definition) is 4. The lowest BCUT2D eigenvalue weighted by atomic mass is 10.1. The largest absolute Gasteiger partial charge is 0.353 e. The number of rotatable bonds is 5. The van der Waals surface area contributed by atoms with Crippen LogP contribution in [0.4, 0.5) is 0 Å². The Balaban J connectivity index is 1.62. The van der Waals surface area contributed by atoms with Gasteiger partial charge in [-0.15, -0.1) is 0 Å². The zero-order valence-corrected chi connectivity index (χ0v) is 11.6. The SMILES string of the molecule is CCC(C)NC(=O)CN1CC(N2CCNCC2)C1. The van der Waals surface area contributed by atoms with E-state index in [1.165, 1.54) is 0 Å².